The van der Waals surface area contributed by atoms with Gasteiger partial charge in [-0.05, 0) is 35.2 Å². The van der Waals surface area contributed by atoms with E-state index in [1.54, 1.807) is 0 Å². The van der Waals surface area contributed by atoms with Crippen LogP contribution in [0, 0.1) is 0 Å². The van der Waals surface area contributed by atoms with Gasteiger partial charge in [0.05, 0.1) is 0 Å². The Morgan fingerprint density at radius 2 is 1.47 bits per heavy atom. The van der Waals surface area contributed by atoms with Crippen LogP contribution in [0.15, 0.2) is 84.9 Å². The van der Waals surface area contributed by atoms with Gasteiger partial charge in [-0.25, -0.2) is 0 Å². The number of primary amides is 1. The molecule has 5 heteroatoms. The van der Waals surface area contributed by atoms with E-state index in [0.29, 0.717) is 31.6 Å². The number of benzene rings is 3. The maximum Gasteiger partial charge on any atom is 0.240 e. The van der Waals surface area contributed by atoms with Crippen LogP contribution in [0.5, 0.6) is 5.75 Å². The van der Waals surface area contributed by atoms with Crippen molar-refractivity contribution in [2.24, 2.45) is 5.73 Å². The molecule has 0 fully saturated rings. The fraction of sp³-hybridized carbons (Fsp3) is 0.200. The van der Waals surface area contributed by atoms with Gasteiger partial charge in [0.2, 0.25) is 11.8 Å². The van der Waals surface area contributed by atoms with E-state index in [1.807, 2.05) is 84.9 Å². The topological polar surface area (TPSA) is 81.4 Å². The van der Waals surface area contributed by atoms with Crippen molar-refractivity contribution in [3.63, 3.8) is 0 Å². The Balaban J connectivity index is 1.55. The zero-order valence-electron chi connectivity index (χ0n) is 16.8. The van der Waals surface area contributed by atoms with E-state index in [-0.39, 0.29) is 5.91 Å². The lowest BCUT2D eigenvalue weighted by Crippen LogP contribution is -2.45. The van der Waals surface area contributed by atoms with Gasteiger partial charge >= 0.3 is 0 Å². The van der Waals surface area contributed by atoms with Gasteiger partial charge in [0.25, 0.3) is 0 Å². The molecule has 30 heavy (non-hydrogen) atoms. The maximum atomic E-state index is 12.3. The van der Waals surface area contributed by atoms with Crippen LogP contribution in [0.2, 0.25) is 0 Å². The van der Waals surface area contributed by atoms with Crippen LogP contribution in [-0.2, 0) is 29.0 Å². The molecular weight excluding hydrogens is 376 g/mol. The molecular formula is C25H26N2O3. The van der Waals surface area contributed by atoms with Crippen LogP contribution in [0.25, 0.3) is 0 Å². The summed E-state index contributed by atoms with van der Waals surface area (Å²) in [7, 11) is 0. The van der Waals surface area contributed by atoms with Crippen molar-refractivity contribution >= 4 is 11.8 Å². The van der Waals surface area contributed by atoms with Crippen molar-refractivity contribution < 1.29 is 14.3 Å². The Kier molecular flexibility index (Phi) is 7.61. The molecule has 3 N–H and O–H groups in total. The largest absolute Gasteiger partial charge is 0.489 e. The smallest absolute Gasteiger partial charge is 0.240 e. The van der Waals surface area contributed by atoms with Gasteiger partial charge in [-0.15, -0.1) is 0 Å². The molecule has 3 rings (SSSR count). The van der Waals surface area contributed by atoms with E-state index in [4.69, 9.17) is 10.5 Å². The molecule has 0 radical (unpaired) electrons. The van der Waals surface area contributed by atoms with Crippen molar-refractivity contribution in [1.29, 1.82) is 0 Å². The Hall–Kier alpha value is -3.60. The van der Waals surface area contributed by atoms with Crippen LogP contribution >= 0.6 is 0 Å². The van der Waals surface area contributed by atoms with Gasteiger partial charge in [0.1, 0.15) is 18.4 Å². The SMILES string of the molecule is NC(=O)[C@@H](Cc1cccc(OCc2ccccc2)c1)NC(=O)CCc1ccccc1. The van der Waals surface area contributed by atoms with E-state index in [1.165, 1.54) is 0 Å². The number of rotatable bonds is 10. The van der Waals surface area contributed by atoms with Crippen molar-refractivity contribution in [3.05, 3.63) is 102 Å². The number of aryl methyl sites for hydroxylation is 1. The van der Waals surface area contributed by atoms with Gasteiger partial charge in [0.15, 0.2) is 0 Å². The van der Waals surface area contributed by atoms with Gasteiger partial charge < -0.3 is 15.8 Å². The minimum atomic E-state index is -0.766. The summed E-state index contributed by atoms with van der Waals surface area (Å²) in [6, 6.07) is 26.4. The number of nitrogens with one attached hydrogen (secondary N) is 1. The molecule has 154 valence electrons. The maximum absolute atomic E-state index is 12.3. The third-order valence-electron chi connectivity index (χ3n) is 4.75. The highest BCUT2D eigenvalue weighted by molar-refractivity contribution is 5.86. The predicted molar refractivity (Wildman–Crippen MR) is 117 cm³/mol. The number of carbonyl (C=O) groups excluding carboxylic acids is 2. The average molecular weight is 402 g/mol. The Morgan fingerprint density at radius 1 is 0.833 bits per heavy atom. The number of ether oxygens (including phenoxy) is 1. The third-order valence-corrected chi connectivity index (χ3v) is 4.75. The summed E-state index contributed by atoms with van der Waals surface area (Å²) >= 11 is 0. The quantitative estimate of drug-likeness (QED) is 0.545. The molecule has 0 spiro atoms. The zero-order valence-corrected chi connectivity index (χ0v) is 16.8. The van der Waals surface area contributed by atoms with Crippen molar-refractivity contribution in [2.75, 3.05) is 0 Å². The summed E-state index contributed by atoms with van der Waals surface area (Å²) < 4.78 is 5.84. The average Bonchev–Trinajstić information content (AvgIpc) is 2.77. The lowest BCUT2D eigenvalue weighted by molar-refractivity contribution is -0.127. The van der Waals surface area contributed by atoms with Gasteiger partial charge in [-0.2, -0.15) is 0 Å². The zero-order chi connectivity index (χ0) is 21.2. The highest BCUT2D eigenvalue weighted by atomic mass is 16.5. The van der Waals surface area contributed by atoms with Crippen LogP contribution in [-0.4, -0.2) is 17.9 Å². The fourth-order valence-electron chi connectivity index (χ4n) is 3.13. The molecule has 0 heterocycles. The van der Waals surface area contributed by atoms with Gasteiger partial charge in [-0.3, -0.25) is 9.59 Å². The number of hydrogen-bond donors (Lipinski definition) is 2. The molecule has 5 nitrogen and oxygen atoms in total. The van der Waals surface area contributed by atoms with Crippen LogP contribution in [0.1, 0.15) is 23.1 Å². The molecule has 0 aromatic heterocycles. The van der Waals surface area contributed by atoms with Crippen molar-refractivity contribution in [2.45, 2.75) is 31.9 Å². The van der Waals surface area contributed by atoms with E-state index in [9.17, 15) is 9.59 Å². The summed E-state index contributed by atoms with van der Waals surface area (Å²) in [5.74, 6) is -0.0484. The second-order valence-corrected chi connectivity index (χ2v) is 7.13. The highest BCUT2D eigenvalue weighted by Crippen LogP contribution is 2.16. The first-order chi connectivity index (χ1) is 14.6. The predicted octanol–water partition coefficient (Wildman–Crippen LogP) is 3.41. The number of amides is 2. The second-order valence-electron chi connectivity index (χ2n) is 7.13. The first-order valence-corrected chi connectivity index (χ1v) is 9.98. The summed E-state index contributed by atoms with van der Waals surface area (Å²) in [6.45, 7) is 0.458. The first-order valence-electron chi connectivity index (χ1n) is 9.98. The minimum absolute atomic E-state index is 0.195. The molecule has 3 aromatic carbocycles. The van der Waals surface area contributed by atoms with E-state index in [0.717, 1.165) is 16.7 Å². The lowest BCUT2D eigenvalue weighted by atomic mass is 10.0. The third kappa shape index (κ3) is 6.78. The fourth-order valence-corrected chi connectivity index (χ4v) is 3.13. The summed E-state index contributed by atoms with van der Waals surface area (Å²) in [6.07, 6.45) is 1.23. The summed E-state index contributed by atoms with van der Waals surface area (Å²) in [5.41, 5.74) is 8.54. The normalized spacial score (nSPS) is 11.5. The highest BCUT2D eigenvalue weighted by Gasteiger charge is 2.18. The van der Waals surface area contributed by atoms with Crippen LogP contribution < -0.4 is 15.8 Å². The van der Waals surface area contributed by atoms with Crippen LogP contribution in [0.3, 0.4) is 0 Å². The molecule has 0 bridgehead atoms. The molecule has 1 atom stereocenters. The Bertz CT molecular complexity index is 958. The molecule has 0 saturated carbocycles. The second kappa shape index (κ2) is 10.8. The molecule has 0 saturated heterocycles. The van der Waals surface area contributed by atoms with E-state index >= 15 is 0 Å². The first kappa shape index (κ1) is 21.1. The molecule has 3 aromatic rings. The monoisotopic (exact) mass is 402 g/mol. The standard InChI is InChI=1S/C25H26N2O3/c26-25(29)23(27-24(28)15-14-19-8-3-1-4-9-19)17-21-12-7-13-22(16-21)30-18-20-10-5-2-6-11-20/h1-13,16,23H,14-15,17-18H2,(H2,26,29)(H,27,28)/t23-/m1/s1. The number of nitrogens with two attached hydrogens (primary N) is 1. The molecule has 2 amide bonds. The molecule has 0 aliphatic heterocycles. The van der Waals surface area contributed by atoms with Gasteiger partial charge in [-0.1, -0.05) is 72.8 Å². The Labute approximate surface area is 176 Å². The summed E-state index contributed by atoms with van der Waals surface area (Å²) in [4.78, 5) is 24.2. The minimum Gasteiger partial charge on any atom is -0.489 e. The number of carbonyl (C=O) groups is 2. The molecule has 0 aliphatic carbocycles. The van der Waals surface area contributed by atoms with Gasteiger partial charge in [0, 0.05) is 12.8 Å². The van der Waals surface area contributed by atoms with E-state index < -0.39 is 11.9 Å². The Morgan fingerprint density at radius 3 is 2.13 bits per heavy atom. The molecule has 0 aliphatic rings. The van der Waals surface area contributed by atoms with Crippen LogP contribution in [0.4, 0.5) is 0 Å². The lowest BCUT2D eigenvalue weighted by Gasteiger charge is -2.16. The van der Waals surface area contributed by atoms with Crippen molar-refractivity contribution in [3.8, 4) is 5.75 Å². The van der Waals surface area contributed by atoms with Crippen molar-refractivity contribution in [1.82, 2.24) is 5.32 Å². The van der Waals surface area contributed by atoms with E-state index in [2.05, 4.69) is 5.32 Å². The number of hydrogen-bond acceptors (Lipinski definition) is 3. The summed E-state index contributed by atoms with van der Waals surface area (Å²) in [5, 5.41) is 2.76. The molecule has 0 unspecified atom stereocenters.